The van der Waals surface area contributed by atoms with Crippen LogP contribution in [0.25, 0.3) is 0 Å². The summed E-state index contributed by atoms with van der Waals surface area (Å²) in [5.74, 6) is -0.121. The highest BCUT2D eigenvalue weighted by Crippen LogP contribution is 2.41. The van der Waals surface area contributed by atoms with Crippen molar-refractivity contribution in [2.45, 2.75) is 25.8 Å². The van der Waals surface area contributed by atoms with Crippen LogP contribution in [0.3, 0.4) is 0 Å². The predicted molar refractivity (Wildman–Crippen MR) is 97.7 cm³/mol. The molecule has 1 N–H and O–H groups in total. The fourth-order valence-corrected chi connectivity index (χ4v) is 5.23. The van der Waals surface area contributed by atoms with Crippen LogP contribution in [-0.4, -0.2) is 56.3 Å². The molecule has 8 heteroatoms. The standard InChI is InChI=1S/C18H24N2O5S/c1-3-20(13-8-9-26(23,24)11-13)18(22)16-10-15(16)17(21)19-12-4-6-14(25-2)7-5-12/h4-7,13,15-16H,3,8-11H2,1-2H3,(H,19,21). The minimum absolute atomic E-state index is 0.0298. The van der Waals surface area contributed by atoms with Crippen molar-refractivity contribution in [2.24, 2.45) is 11.8 Å². The number of ether oxygens (including phenoxy) is 1. The normalized spacial score (nSPS) is 26.2. The van der Waals surface area contributed by atoms with Gasteiger partial charge in [-0.05, 0) is 44.0 Å². The second kappa shape index (κ2) is 7.26. The van der Waals surface area contributed by atoms with E-state index in [0.717, 1.165) is 0 Å². The zero-order valence-corrected chi connectivity index (χ0v) is 15.8. The molecule has 2 fully saturated rings. The maximum Gasteiger partial charge on any atom is 0.228 e. The van der Waals surface area contributed by atoms with Crippen LogP contribution in [-0.2, 0) is 19.4 Å². The van der Waals surface area contributed by atoms with Gasteiger partial charge < -0.3 is 15.0 Å². The number of hydrogen-bond acceptors (Lipinski definition) is 5. The lowest BCUT2D eigenvalue weighted by molar-refractivity contribution is -0.135. The molecule has 7 nitrogen and oxygen atoms in total. The van der Waals surface area contributed by atoms with Crippen LogP contribution < -0.4 is 10.1 Å². The van der Waals surface area contributed by atoms with Gasteiger partial charge in [0.1, 0.15) is 5.75 Å². The van der Waals surface area contributed by atoms with Gasteiger partial charge in [-0.3, -0.25) is 9.59 Å². The highest BCUT2D eigenvalue weighted by molar-refractivity contribution is 7.91. The second-order valence-electron chi connectivity index (χ2n) is 6.85. The lowest BCUT2D eigenvalue weighted by Crippen LogP contribution is -2.42. The molecular weight excluding hydrogens is 356 g/mol. The van der Waals surface area contributed by atoms with Crippen LogP contribution in [0.2, 0.25) is 0 Å². The van der Waals surface area contributed by atoms with Crippen LogP contribution in [0, 0.1) is 11.8 Å². The molecule has 3 rings (SSSR count). The number of hydrogen-bond donors (Lipinski definition) is 1. The number of carbonyl (C=O) groups is 2. The number of nitrogens with one attached hydrogen (secondary N) is 1. The van der Waals surface area contributed by atoms with Crippen molar-refractivity contribution in [3.8, 4) is 5.75 Å². The van der Waals surface area contributed by atoms with E-state index in [1.165, 1.54) is 0 Å². The van der Waals surface area contributed by atoms with E-state index in [2.05, 4.69) is 5.32 Å². The number of amides is 2. The van der Waals surface area contributed by atoms with Crippen molar-refractivity contribution in [3.05, 3.63) is 24.3 Å². The summed E-state index contributed by atoms with van der Waals surface area (Å²) >= 11 is 0. The third-order valence-corrected chi connectivity index (χ3v) is 6.83. The quantitative estimate of drug-likeness (QED) is 0.803. The van der Waals surface area contributed by atoms with E-state index in [1.54, 1.807) is 36.3 Å². The Hall–Kier alpha value is -2.09. The first-order valence-corrected chi connectivity index (χ1v) is 10.6. The van der Waals surface area contributed by atoms with E-state index in [9.17, 15) is 18.0 Å². The van der Waals surface area contributed by atoms with E-state index in [1.807, 2.05) is 6.92 Å². The number of rotatable bonds is 6. The van der Waals surface area contributed by atoms with Crippen LogP contribution in [0.4, 0.5) is 5.69 Å². The fourth-order valence-electron chi connectivity index (χ4n) is 3.50. The molecule has 142 valence electrons. The Labute approximate surface area is 153 Å². The number of benzene rings is 1. The average Bonchev–Trinajstić information content (AvgIpc) is 3.34. The van der Waals surface area contributed by atoms with Gasteiger partial charge in [0.15, 0.2) is 9.84 Å². The molecule has 0 aromatic heterocycles. The minimum Gasteiger partial charge on any atom is -0.497 e. The van der Waals surface area contributed by atoms with E-state index in [-0.39, 0.29) is 41.2 Å². The maximum absolute atomic E-state index is 12.7. The Morgan fingerprint density at radius 2 is 1.92 bits per heavy atom. The van der Waals surface area contributed by atoms with Crippen molar-refractivity contribution in [2.75, 3.05) is 30.5 Å². The zero-order valence-electron chi connectivity index (χ0n) is 15.0. The van der Waals surface area contributed by atoms with E-state index >= 15 is 0 Å². The van der Waals surface area contributed by atoms with Gasteiger partial charge in [-0.2, -0.15) is 0 Å². The Morgan fingerprint density at radius 3 is 2.46 bits per heavy atom. The van der Waals surface area contributed by atoms with Crippen molar-refractivity contribution in [1.29, 1.82) is 0 Å². The summed E-state index contributed by atoms with van der Waals surface area (Å²) in [5.41, 5.74) is 0.656. The second-order valence-corrected chi connectivity index (χ2v) is 9.08. The SMILES string of the molecule is CCN(C(=O)C1CC1C(=O)Nc1ccc(OC)cc1)C1CCS(=O)(=O)C1. The van der Waals surface area contributed by atoms with Crippen molar-refractivity contribution >= 4 is 27.3 Å². The highest BCUT2D eigenvalue weighted by Gasteiger charge is 2.50. The largest absolute Gasteiger partial charge is 0.497 e. The molecule has 1 saturated heterocycles. The lowest BCUT2D eigenvalue weighted by Gasteiger charge is -2.27. The number of sulfone groups is 1. The Morgan fingerprint density at radius 1 is 1.23 bits per heavy atom. The first-order chi connectivity index (χ1) is 12.3. The van der Waals surface area contributed by atoms with E-state index < -0.39 is 9.84 Å². The van der Waals surface area contributed by atoms with E-state index in [4.69, 9.17) is 4.74 Å². The Balaban J connectivity index is 1.57. The lowest BCUT2D eigenvalue weighted by atomic mass is 10.2. The molecule has 3 atom stereocenters. The first-order valence-electron chi connectivity index (χ1n) is 8.80. The minimum atomic E-state index is -3.05. The summed E-state index contributed by atoms with van der Waals surface area (Å²) in [6.45, 7) is 2.31. The number of methoxy groups -OCH3 is 1. The van der Waals surface area contributed by atoms with Gasteiger partial charge in [0.05, 0.1) is 30.5 Å². The topological polar surface area (TPSA) is 92.8 Å². The molecule has 0 radical (unpaired) electrons. The summed E-state index contributed by atoms with van der Waals surface area (Å²) in [4.78, 5) is 26.7. The van der Waals surface area contributed by atoms with Gasteiger partial charge in [0, 0.05) is 18.3 Å². The summed E-state index contributed by atoms with van der Waals surface area (Å²) in [6.07, 6.45) is 0.994. The Bertz CT molecular complexity index is 790. The Kier molecular flexibility index (Phi) is 5.22. The number of anilines is 1. The molecular formula is C18H24N2O5S. The maximum atomic E-state index is 12.7. The van der Waals surface area contributed by atoms with Crippen LogP contribution >= 0.6 is 0 Å². The van der Waals surface area contributed by atoms with Crippen molar-refractivity contribution < 1.29 is 22.7 Å². The molecule has 1 aliphatic carbocycles. The molecule has 1 aliphatic heterocycles. The molecule has 0 spiro atoms. The van der Waals surface area contributed by atoms with Crippen LogP contribution in [0.5, 0.6) is 5.75 Å². The van der Waals surface area contributed by atoms with Gasteiger partial charge in [-0.1, -0.05) is 0 Å². The molecule has 0 bridgehead atoms. The van der Waals surface area contributed by atoms with Gasteiger partial charge >= 0.3 is 0 Å². The van der Waals surface area contributed by atoms with Gasteiger partial charge in [-0.25, -0.2) is 8.42 Å². The van der Waals surface area contributed by atoms with Gasteiger partial charge in [0.2, 0.25) is 11.8 Å². The van der Waals surface area contributed by atoms with E-state index in [0.29, 0.717) is 30.8 Å². The summed E-state index contributed by atoms with van der Waals surface area (Å²) in [5, 5.41) is 2.82. The summed E-state index contributed by atoms with van der Waals surface area (Å²) < 4.78 is 28.4. The molecule has 26 heavy (non-hydrogen) atoms. The molecule has 1 saturated carbocycles. The van der Waals surface area contributed by atoms with Crippen LogP contribution in [0.1, 0.15) is 19.8 Å². The average molecular weight is 380 g/mol. The third kappa shape index (κ3) is 4.00. The predicted octanol–water partition coefficient (Wildman–Crippen LogP) is 1.31. The number of carbonyl (C=O) groups excluding carboxylic acids is 2. The first kappa shape index (κ1) is 18.7. The summed E-state index contributed by atoms with van der Waals surface area (Å²) in [7, 11) is -1.48. The molecule has 3 unspecified atom stereocenters. The van der Waals surface area contributed by atoms with Gasteiger partial charge in [-0.15, -0.1) is 0 Å². The highest BCUT2D eigenvalue weighted by atomic mass is 32.2. The summed E-state index contributed by atoms with van der Waals surface area (Å²) in [6, 6.07) is 6.74. The fraction of sp³-hybridized carbons (Fsp3) is 0.556. The van der Waals surface area contributed by atoms with Crippen molar-refractivity contribution in [3.63, 3.8) is 0 Å². The number of nitrogens with zero attached hydrogens (tertiary/aromatic N) is 1. The molecule has 1 aromatic rings. The molecule has 2 amide bonds. The van der Waals surface area contributed by atoms with Crippen LogP contribution in [0.15, 0.2) is 24.3 Å². The molecule has 2 aliphatic rings. The van der Waals surface area contributed by atoms with Gasteiger partial charge in [0.25, 0.3) is 0 Å². The zero-order chi connectivity index (χ0) is 18.9. The smallest absolute Gasteiger partial charge is 0.228 e. The molecule has 1 aromatic carbocycles. The van der Waals surface area contributed by atoms with Crippen molar-refractivity contribution in [1.82, 2.24) is 4.90 Å². The third-order valence-electron chi connectivity index (χ3n) is 5.07. The molecule has 1 heterocycles. The monoisotopic (exact) mass is 380 g/mol.